The van der Waals surface area contributed by atoms with Gasteiger partial charge < -0.3 is 20.0 Å². The highest BCUT2D eigenvalue weighted by Gasteiger charge is 2.41. The first-order chi connectivity index (χ1) is 16.7. The van der Waals surface area contributed by atoms with Crippen molar-refractivity contribution in [1.82, 2.24) is 15.2 Å². The molecule has 34 heavy (non-hydrogen) atoms. The Bertz CT molecular complexity index is 1230. The number of thiocarbonyl (C=S) groups is 1. The molecule has 1 aliphatic rings. The Kier molecular flexibility index (Phi) is 6.79. The van der Waals surface area contributed by atoms with Crippen molar-refractivity contribution in [2.45, 2.75) is 18.5 Å². The first-order valence-corrected chi connectivity index (χ1v) is 12.1. The van der Waals surface area contributed by atoms with E-state index in [4.69, 9.17) is 28.2 Å². The van der Waals surface area contributed by atoms with Crippen LogP contribution in [0.5, 0.6) is 0 Å². The number of furan rings is 1. The molecule has 7 heteroatoms. The Hall–Kier alpha value is -3.35. The molecule has 4 aromatic rings. The standard InChI is InChI=1S/C27H25ClN4OS/c28-20-12-10-19(11-13-20)23-14-15-24(33-23)26-25(22-9-4-5-16-30-22)31-27(34)32(26)18-6-17-29-21-7-2-1-3-8-21/h1-5,7-16,25-26,29H,6,17-18H2,(H,31,34)/t25-,26+/m1/s1. The lowest BCUT2D eigenvalue weighted by Gasteiger charge is -2.26. The van der Waals surface area contributed by atoms with Gasteiger partial charge in [0.1, 0.15) is 17.6 Å². The van der Waals surface area contributed by atoms with Gasteiger partial charge in [-0.05, 0) is 79.3 Å². The van der Waals surface area contributed by atoms with Crippen molar-refractivity contribution in [2.24, 2.45) is 0 Å². The van der Waals surface area contributed by atoms with Gasteiger partial charge in [-0.3, -0.25) is 4.98 Å². The molecule has 5 nitrogen and oxygen atoms in total. The molecule has 0 amide bonds. The molecule has 1 fully saturated rings. The summed E-state index contributed by atoms with van der Waals surface area (Å²) in [6, 6.07) is 27.7. The minimum Gasteiger partial charge on any atom is -0.459 e. The normalized spacial score (nSPS) is 17.6. The molecule has 0 aliphatic carbocycles. The van der Waals surface area contributed by atoms with Crippen LogP contribution in [0.25, 0.3) is 11.3 Å². The maximum atomic E-state index is 6.37. The monoisotopic (exact) mass is 488 g/mol. The van der Waals surface area contributed by atoms with Crippen LogP contribution < -0.4 is 10.6 Å². The third-order valence-corrected chi connectivity index (χ3v) is 6.53. The molecular weight excluding hydrogens is 464 g/mol. The van der Waals surface area contributed by atoms with Crippen molar-refractivity contribution in [3.8, 4) is 11.3 Å². The number of hydrogen-bond donors (Lipinski definition) is 2. The van der Waals surface area contributed by atoms with Crippen LogP contribution in [0.1, 0.15) is 30.0 Å². The summed E-state index contributed by atoms with van der Waals surface area (Å²) in [4.78, 5) is 6.81. The lowest BCUT2D eigenvalue weighted by molar-refractivity contribution is 0.274. The summed E-state index contributed by atoms with van der Waals surface area (Å²) in [5.41, 5.74) is 3.03. The van der Waals surface area contributed by atoms with E-state index in [1.807, 2.05) is 79.0 Å². The maximum absolute atomic E-state index is 6.37. The van der Waals surface area contributed by atoms with Crippen LogP contribution in [0.15, 0.2) is 95.5 Å². The number of rotatable bonds is 8. The molecule has 2 aromatic carbocycles. The van der Waals surface area contributed by atoms with Gasteiger partial charge in [0, 0.05) is 35.6 Å². The average molecular weight is 489 g/mol. The quantitative estimate of drug-likeness (QED) is 0.219. The van der Waals surface area contributed by atoms with Crippen molar-refractivity contribution in [3.63, 3.8) is 0 Å². The lowest BCUT2D eigenvalue weighted by Crippen LogP contribution is -2.31. The van der Waals surface area contributed by atoms with Crippen molar-refractivity contribution in [2.75, 3.05) is 18.4 Å². The predicted octanol–water partition coefficient (Wildman–Crippen LogP) is 6.47. The SMILES string of the molecule is S=C1N[C@H](c2ccccn2)[C@H](c2ccc(-c3ccc(Cl)cc3)o2)N1CCCNc1ccccc1. The predicted molar refractivity (Wildman–Crippen MR) is 141 cm³/mol. The Labute approximate surface area is 209 Å². The fourth-order valence-corrected chi connectivity index (χ4v) is 4.73. The van der Waals surface area contributed by atoms with Gasteiger partial charge in [-0.1, -0.05) is 35.9 Å². The third kappa shape index (κ3) is 4.93. The second-order valence-corrected chi connectivity index (χ2v) is 9.00. The molecule has 0 bridgehead atoms. The number of nitrogens with one attached hydrogen (secondary N) is 2. The van der Waals surface area contributed by atoms with E-state index in [9.17, 15) is 0 Å². The van der Waals surface area contributed by atoms with E-state index in [0.29, 0.717) is 10.1 Å². The average Bonchev–Trinajstić information content (AvgIpc) is 3.48. The molecule has 5 rings (SSSR count). The van der Waals surface area contributed by atoms with Gasteiger partial charge in [0.2, 0.25) is 0 Å². The first-order valence-electron chi connectivity index (χ1n) is 11.3. The summed E-state index contributed by atoms with van der Waals surface area (Å²) < 4.78 is 6.37. The Morgan fingerprint density at radius 3 is 2.53 bits per heavy atom. The van der Waals surface area contributed by atoms with Gasteiger partial charge in [0.25, 0.3) is 0 Å². The smallest absolute Gasteiger partial charge is 0.170 e. The zero-order chi connectivity index (χ0) is 23.3. The van der Waals surface area contributed by atoms with Gasteiger partial charge in [-0.2, -0.15) is 0 Å². The van der Waals surface area contributed by atoms with Crippen LogP contribution in [-0.2, 0) is 0 Å². The van der Waals surface area contributed by atoms with Crippen molar-refractivity contribution >= 4 is 34.6 Å². The fraction of sp³-hybridized carbons (Fsp3) is 0.185. The second-order valence-electron chi connectivity index (χ2n) is 8.18. The van der Waals surface area contributed by atoms with E-state index in [1.165, 1.54) is 0 Å². The van der Waals surface area contributed by atoms with E-state index in [-0.39, 0.29) is 12.1 Å². The zero-order valence-corrected chi connectivity index (χ0v) is 20.1. The molecule has 2 N–H and O–H groups in total. The summed E-state index contributed by atoms with van der Waals surface area (Å²) in [6.45, 7) is 1.63. The Balaban J connectivity index is 1.37. The van der Waals surface area contributed by atoms with Crippen LogP contribution in [0.4, 0.5) is 5.69 Å². The van der Waals surface area contributed by atoms with Crippen LogP contribution in [-0.4, -0.2) is 28.1 Å². The molecule has 2 aromatic heterocycles. The number of anilines is 1. The molecule has 1 aliphatic heterocycles. The topological polar surface area (TPSA) is 53.3 Å². The van der Waals surface area contributed by atoms with Gasteiger partial charge in [-0.15, -0.1) is 0 Å². The van der Waals surface area contributed by atoms with E-state index in [0.717, 1.165) is 48.0 Å². The maximum Gasteiger partial charge on any atom is 0.170 e. The van der Waals surface area contributed by atoms with Crippen LogP contribution in [0.2, 0.25) is 5.02 Å². The third-order valence-electron chi connectivity index (χ3n) is 5.92. The summed E-state index contributed by atoms with van der Waals surface area (Å²) >= 11 is 11.8. The highest BCUT2D eigenvalue weighted by Crippen LogP contribution is 2.40. The highest BCUT2D eigenvalue weighted by atomic mass is 35.5. The van der Waals surface area contributed by atoms with Crippen molar-refractivity contribution in [1.29, 1.82) is 0 Å². The number of halogens is 1. The first kappa shape index (κ1) is 22.4. The Morgan fingerprint density at radius 1 is 0.971 bits per heavy atom. The number of aromatic nitrogens is 1. The minimum absolute atomic E-state index is 0.0971. The van der Waals surface area contributed by atoms with Gasteiger partial charge in [-0.25, -0.2) is 0 Å². The summed E-state index contributed by atoms with van der Waals surface area (Å²) in [6.07, 6.45) is 2.73. The van der Waals surface area contributed by atoms with Gasteiger partial charge >= 0.3 is 0 Å². The van der Waals surface area contributed by atoms with Crippen molar-refractivity contribution < 1.29 is 4.42 Å². The van der Waals surface area contributed by atoms with E-state index < -0.39 is 0 Å². The Morgan fingerprint density at radius 2 is 1.76 bits per heavy atom. The molecular formula is C27H25ClN4OS. The summed E-state index contributed by atoms with van der Waals surface area (Å²) in [5.74, 6) is 1.65. The van der Waals surface area contributed by atoms with Crippen LogP contribution in [0.3, 0.4) is 0 Å². The molecule has 172 valence electrons. The number of pyridine rings is 1. The molecule has 0 saturated carbocycles. The number of nitrogens with zero attached hydrogens (tertiary/aromatic N) is 2. The van der Waals surface area contributed by atoms with Crippen molar-refractivity contribution in [3.05, 3.63) is 108 Å². The van der Waals surface area contributed by atoms with E-state index in [2.05, 4.69) is 32.7 Å². The van der Waals surface area contributed by atoms with Gasteiger partial charge in [0.15, 0.2) is 5.11 Å². The molecule has 0 unspecified atom stereocenters. The van der Waals surface area contributed by atoms with E-state index in [1.54, 1.807) is 0 Å². The lowest BCUT2D eigenvalue weighted by atomic mass is 10.0. The zero-order valence-electron chi connectivity index (χ0n) is 18.5. The molecule has 0 radical (unpaired) electrons. The molecule has 3 heterocycles. The molecule has 0 spiro atoms. The summed E-state index contributed by atoms with van der Waals surface area (Å²) in [7, 11) is 0. The summed E-state index contributed by atoms with van der Waals surface area (Å²) in [5, 5.41) is 8.37. The highest BCUT2D eigenvalue weighted by molar-refractivity contribution is 7.80. The van der Waals surface area contributed by atoms with E-state index >= 15 is 0 Å². The second kappa shape index (κ2) is 10.3. The van der Waals surface area contributed by atoms with Crippen LogP contribution >= 0.6 is 23.8 Å². The number of para-hydroxylation sites is 1. The number of benzene rings is 2. The van der Waals surface area contributed by atoms with Crippen LogP contribution in [0, 0.1) is 0 Å². The van der Waals surface area contributed by atoms with Gasteiger partial charge in [0.05, 0.1) is 11.7 Å². The molecule has 2 atom stereocenters. The molecule has 1 saturated heterocycles. The number of hydrogen-bond acceptors (Lipinski definition) is 4. The fourth-order valence-electron chi connectivity index (χ4n) is 4.27. The minimum atomic E-state index is -0.0972. The largest absolute Gasteiger partial charge is 0.459 e.